The van der Waals surface area contributed by atoms with Gasteiger partial charge in [0, 0.05) is 32.5 Å². The number of rotatable bonds is 7. The number of carbonyl (C=O) groups is 1. The van der Waals surface area contributed by atoms with E-state index in [9.17, 15) is 15.0 Å². The monoisotopic (exact) mass is 393 g/mol. The number of likely N-dealkylation sites (tertiary alicyclic amines) is 1. The standard InChI is InChI=1S/C22H35NO5/c1-21(2,3)28-20(25)23-15-9-12-18(16-23)22(26,27-4)14-8-7-11-17-10-5-6-13-19(17)24/h5-6,10,13,18,24,26H,7-9,11-12,14-16H2,1-4H3/t18-,22+/m1/s1. The first-order valence-electron chi connectivity index (χ1n) is 10.2. The van der Waals surface area contributed by atoms with Crippen molar-refractivity contribution in [3.8, 4) is 5.75 Å². The number of hydrogen-bond donors (Lipinski definition) is 2. The molecule has 28 heavy (non-hydrogen) atoms. The molecule has 1 aliphatic rings. The van der Waals surface area contributed by atoms with Crippen molar-refractivity contribution < 1.29 is 24.5 Å². The van der Waals surface area contributed by atoms with Gasteiger partial charge in [-0.25, -0.2) is 4.79 Å². The van der Waals surface area contributed by atoms with Crippen LogP contribution in [0.3, 0.4) is 0 Å². The maximum Gasteiger partial charge on any atom is 0.410 e. The Morgan fingerprint density at radius 1 is 1.25 bits per heavy atom. The summed E-state index contributed by atoms with van der Waals surface area (Å²) in [7, 11) is 1.52. The molecule has 6 heteroatoms. The van der Waals surface area contributed by atoms with Crippen LogP contribution in [0.5, 0.6) is 5.75 Å². The number of ether oxygens (including phenoxy) is 2. The molecule has 2 N–H and O–H groups in total. The molecule has 0 spiro atoms. The van der Waals surface area contributed by atoms with E-state index >= 15 is 0 Å². The van der Waals surface area contributed by atoms with Crippen LogP contribution >= 0.6 is 0 Å². The lowest BCUT2D eigenvalue weighted by Crippen LogP contribution is -2.51. The lowest BCUT2D eigenvalue weighted by atomic mass is 9.86. The first-order valence-corrected chi connectivity index (χ1v) is 10.2. The van der Waals surface area contributed by atoms with Crippen molar-refractivity contribution >= 4 is 6.09 Å². The number of unbranched alkanes of at least 4 members (excludes halogenated alkanes) is 1. The number of phenolic OH excluding ortho intramolecular Hbond substituents is 1. The van der Waals surface area contributed by atoms with Crippen molar-refractivity contribution in [2.45, 2.75) is 70.7 Å². The number of piperidine rings is 1. The summed E-state index contributed by atoms with van der Waals surface area (Å²) in [6, 6.07) is 7.32. The fourth-order valence-electron chi connectivity index (χ4n) is 3.73. The highest BCUT2D eigenvalue weighted by molar-refractivity contribution is 5.68. The normalized spacial score (nSPS) is 19.9. The zero-order chi connectivity index (χ0) is 20.8. The fourth-order valence-corrected chi connectivity index (χ4v) is 3.73. The van der Waals surface area contributed by atoms with Crippen molar-refractivity contribution in [2.75, 3.05) is 20.2 Å². The van der Waals surface area contributed by atoms with Crippen LogP contribution in [0.2, 0.25) is 0 Å². The molecule has 1 aliphatic heterocycles. The first kappa shape index (κ1) is 22.5. The average molecular weight is 394 g/mol. The smallest absolute Gasteiger partial charge is 0.410 e. The molecule has 1 fully saturated rings. The summed E-state index contributed by atoms with van der Waals surface area (Å²) in [6.07, 6.45) is 4.13. The molecule has 1 saturated heterocycles. The molecule has 1 aromatic carbocycles. The summed E-state index contributed by atoms with van der Waals surface area (Å²) in [5.74, 6) is -1.10. The van der Waals surface area contributed by atoms with E-state index in [4.69, 9.17) is 9.47 Å². The third-order valence-corrected chi connectivity index (χ3v) is 5.29. The minimum absolute atomic E-state index is 0.149. The van der Waals surface area contributed by atoms with E-state index in [1.165, 1.54) is 7.11 Å². The second-order valence-corrected chi connectivity index (χ2v) is 8.65. The molecule has 0 aromatic heterocycles. The molecule has 2 atom stereocenters. The van der Waals surface area contributed by atoms with Crippen molar-refractivity contribution in [2.24, 2.45) is 5.92 Å². The van der Waals surface area contributed by atoms with E-state index in [0.717, 1.165) is 37.7 Å². The van der Waals surface area contributed by atoms with E-state index in [-0.39, 0.29) is 12.0 Å². The van der Waals surface area contributed by atoms with Crippen LogP contribution in [0.15, 0.2) is 24.3 Å². The number of aromatic hydroxyl groups is 1. The second-order valence-electron chi connectivity index (χ2n) is 8.65. The number of nitrogens with zero attached hydrogens (tertiary/aromatic N) is 1. The second kappa shape index (κ2) is 9.61. The molecular weight excluding hydrogens is 358 g/mol. The molecule has 0 saturated carbocycles. The van der Waals surface area contributed by atoms with Crippen molar-refractivity contribution in [1.82, 2.24) is 4.90 Å². The number of amides is 1. The van der Waals surface area contributed by atoms with E-state index in [1.54, 1.807) is 11.0 Å². The molecule has 1 aromatic rings. The van der Waals surface area contributed by atoms with Gasteiger partial charge in [-0.1, -0.05) is 18.2 Å². The third kappa shape index (κ3) is 6.38. The molecule has 0 bridgehead atoms. The summed E-state index contributed by atoms with van der Waals surface area (Å²) >= 11 is 0. The maximum atomic E-state index is 12.4. The van der Waals surface area contributed by atoms with Crippen LogP contribution in [0.4, 0.5) is 4.79 Å². The zero-order valence-electron chi connectivity index (χ0n) is 17.6. The highest BCUT2D eigenvalue weighted by Crippen LogP contribution is 2.33. The number of carbonyl (C=O) groups excluding carboxylic acids is 1. The van der Waals surface area contributed by atoms with Crippen LogP contribution < -0.4 is 0 Å². The van der Waals surface area contributed by atoms with Crippen LogP contribution in [-0.4, -0.2) is 52.8 Å². The Balaban J connectivity index is 1.88. The van der Waals surface area contributed by atoms with Crippen molar-refractivity contribution in [1.29, 1.82) is 0 Å². The van der Waals surface area contributed by atoms with Crippen molar-refractivity contribution in [3.63, 3.8) is 0 Å². The van der Waals surface area contributed by atoms with Crippen molar-refractivity contribution in [3.05, 3.63) is 29.8 Å². The van der Waals surface area contributed by atoms with E-state index < -0.39 is 11.4 Å². The average Bonchev–Trinajstić information content (AvgIpc) is 2.65. The zero-order valence-corrected chi connectivity index (χ0v) is 17.6. The number of aliphatic hydroxyl groups is 1. The molecule has 0 radical (unpaired) electrons. The van der Waals surface area contributed by atoms with Gasteiger partial charge >= 0.3 is 6.09 Å². The molecule has 1 amide bonds. The van der Waals surface area contributed by atoms with Gasteiger partial charge in [0.2, 0.25) is 0 Å². The molecule has 0 unspecified atom stereocenters. The summed E-state index contributed by atoms with van der Waals surface area (Å²) in [6.45, 7) is 6.62. The Morgan fingerprint density at radius 3 is 2.61 bits per heavy atom. The van der Waals surface area contributed by atoms with Gasteiger partial charge in [-0.2, -0.15) is 0 Å². The number of phenols is 1. The van der Waals surface area contributed by atoms with E-state index in [0.29, 0.717) is 25.3 Å². The topological polar surface area (TPSA) is 79.2 Å². The van der Waals surface area contributed by atoms with Gasteiger partial charge in [0.25, 0.3) is 0 Å². The van der Waals surface area contributed by atoms with Crippen LogP contribution in [0, 0.1) is 5.92 Å². The molecule has 6 nitrogen and oxygen atoms in total. The lowest BCUT2D eigenvalue weighted by Gasteiger charge is -2.41. The quantitative estimate of drug-likeness (QED) is 0.539. The van der Waals surface area contributed by atoms with Crippen LogP contribution in [0.1, 0.15) is 58.4 Å². The van der Waals surface area contributed by atoms with Crippen LogP contribution in [-0.2, 0) is 15.9 Å². The number of aryl methyl sites for hydroxylation is 1. The highest BCUT2D eigenvalue weighted by Gasteiger charge is 2.40. The Morgan fingerprint density at radius 2 is 1.96 bits per heavy atom. The number of hydrogen-bond acceptors (Lipinski definition) is 5. The lowest BCUT2D eigenvalue weighted by molar-refractivity contribution is -0.233. The highest BCUT2D eigenvalue weighted by atomic mass is 16.6. The van der Waals surface area contributed by atoms with Gasteiger partial charge in [0.1, 0.15) is 11.4 Å². The van der Waals surface area contributed by atoms with Gasteiger partial charge in [-0.15, -0.1) is 0 Å². The first-order chi connectivity index (χ1) is 13.1. The van der Waals surface area contributed by atoms with Gasteiger partial charge in [-0.05, 0) is 64.5 Å². The van der Waals surface area contributed by atoms with Gasteiger partial charge in [-0.3, -0.25) is 0 Å². The molecule has 158 valence electrons. The predicted molar refractivity (Wildman–Crippen MR) is 108 cm³/mol. The molecule has 1 heterocycles. The summed E-state index contributed by atoms with van der Waals surface area (Å²) in [4.78, 5) is 14.1. The Labute approximate surface area is 168 Å². The SMILES string of the molecule is CO[C@@](O)(CCCCc1ccccc1O)[C@@H]1CCCN(C(=O)OC(C)(C)C)C1. The fraction of sp³-hybridized carbons (Fsp3) is 0.682. The maximum absolute atomic E-state index is 12.4. The summed E-state index contributed by atoms with van der Waals surface area (Å²) < 4.78 is 11.0. The van der Waals surface area contributed by atoms with Gasteiger partial charge in [0.15, 0.2) is 5.79 Å². The third-order valence-electron chi connectivity index (χ3n) is 5.29. The predicted octanol–water partition coefficient (Wildman–Crippen LogP) is 4.09. The number of para-hydroxylation sites is 1. The van der Waals surface area contributed by atoms with E-state index in [1.807, 2.05) is 39.0 Å². The Bertz CT molecular complexity index is 642. The Kier molecular flexibility index (Phi) is 7.72. The minimum atomic E-state index is -1.26. The van der Waals surface area contributed by atoms with Gasteiger partial charge < -0.3 is 24.6 Å². The van der Waals surface area contributed by atoms with Gasteiger partial charge in [0.05, 0.1) is 0 Å². The summed E-state index contributed by atoms with van der Waals surface area (Å²) in [5.41, 5.74) is 0.377. The minimum Gasteiger partial charge on any atom is -0.508 e. The molecule has 0 aliphatic carbocycles. The number of benzene rings is 1. The molecular formula is C22H35NO5. The molecule has 2 rings (SSSR count). The summed E-state index contributed by atoms with van der Waals surface area (Å²) in [5, 5.41) is 20.9. The Hall–Kier alpha value is -1.79. The van der Waals surface area contributed by atoms with E-state index in [2.05, 4.69) is 0 Å². The largest absolute Gasteiger partial charge is 0.508 e. The van der Waals surface area contributed by atoms with Crippen LogP contribution in [0.25, 0.3) is 0 Å². The number of methoxy groups -OCH3 is 1.